The number of carbonyl (C=O) groups excluding carboxylic acids is 1. The predicted molar refractivity (Wildman–Crippen MR) is 66.2 cm³/mol. The van der Waals surface area contributed by atoms with Crippen LogP contribution in [-0.4, -0.2) is 36.0 Å². The number of hydrogen-bond acceptors (Lipinski definition) is 7. The number of nitro benzene ring substituents is 2. The van der Waals surface area contributed by atoms with Crippen LogP contribution in [-0.2, 0) is 20.9 Å². The lowest BCUT2D eigenvalue weighted by Gasteiger charge is -2.06. The lowest BCUT2D eigenvalue weighted by Crippen LogP contribution is -2.08. The van der Waals surface area contributed by atoms with E-state index in [1.807, 2.05) is 0 Å². The van der Waals surface area contributed by atoms with Gasteiger partial charge in [0.25, 0.3) is 11.4 Å². The van der Waals surface area contributed by atoms with E-state index in [0.717, 1.165) is 0 Å². The average molecular weight is 302 g/mol. The fourth-order valence-electron chi connectivity index (χ4n) is 1.51. The summed E-state index contributed by atoms with van der Waals surface area (Å²) in [4.78, 5) is 29.8. The van der Waals surface area contributed by atoms with Gasteiger partial charge in [-0.1, -0.05) is 0 Å². The zero-order chi connectivity index (χ0) is 15.8. The van der Waals surface area contributed by atoms with E-state index >= 15 is 0 Å². The molecule has 1 aromatic rings. The molecule has 0 fully saturated rings. The first kappa shape index (κ1) is 16.6. The molecule has 0 saturated carbocycles. The molecule has 0 aliphatic carbocycles. The maximum Gasteiger partial charge on any atom is 0.284 e. The molecule has 0 saturated heterocycles. The minimum atomic E-state index is -1.08. The van der Waals surface area contributed by atoms with Crippen molar-refractivity contribution in [1.29, 1.82) is 0 Å². The Labute approximate surface area is 117 Å². The molecular weight excluding hydrogens is 291 g/mol. The molecule has 0 bridgehead atoms. The quantitative estimate of drug-likeness (QED) is 0.292. The van der Waals surface area contributed by atoms with E-state index in [9.17, 15) is 29.4 Å². The summed E-state index contributed by atoms with van der Waals surface area (Å²) < 4.78 is 22.9. The van der Waals surface area contributed by atoms with Gasteiger partial charge in [-0.2, -0.15) is 0 Å². The summed E-state index contributed by atoms with van der Waals surface area (Å²) in [5, 5.41) is 21.6. The number of nitro groups is 2. The van der Waals surface area contributed by atoms with Gasteiger partial charge in [-0.05, 0) is 0 Å². The van der Waals surface area contributed by atoms with Crippen molar-refractivity contribution >= 4 is 17.7 Å². The van der Waals surface area contributed by atoms with Crippen molar-refractivity contribution in [1.82, 2.24) is 0 Å². The Morgan fingerprint density at radius 1 is 1.10 bits per heavy atom. The highest BCUT2D eigenvalue weighted by Gasteiger charge is 2.26. The Bertz CT molecular complexity index is 514. The largest absolute Gasteiger partial charge is 0.374 e. The van der Waals surface area contributed by atoms with Crippen LogP contribution in [0.1, 0.15) is 5.56 Å². The van der Waals surface area contributed by atoms with Gasteiger partial charge < -0.3 is 14.3 Å². The number of benzene rings is 1. The van der Waals surface area contributed by atoms with Crippen molar-refractivity contribution in [2.75, 3.05) is 19.8 Å². The van der Waals surface area contributed by atoms with Crippen LogP contribution in [0.5, 0.6) is 0 Å². The SMILES string of the molecule is O=CCOCCOCc1c([N+](=O)[O-])cc(F)cc1[N+](=O)[O-]. The van der Waals surface area contributed by atoms with Crippen LogP contribution in [0.2, 0.25) is 0 Å². The minimum absolute atomic E-state index is 0.0282. The van der Waals surface area contributed by atoms with Gasteiger partial charge in [-0.3, -0.25) is 20.2 Å². The third-order valence-corrected chi connectivity index (χ3v) is 2.37. The number of hydrogen-bond donors (Lipinski definition) is 0. The Morgan fingerprint density at radius 2 is 1.62 bits per heavy atom. The van der Waals surface area contributed by atoms with Crippen molar-refractivity contribution < 1.29 is 28.5 Å². The van der Waals surface area contributed by atoms with Gasteiger partial charge in [-0.25, -0.2) is 4.39 Å². The predicted octanol–water partition coefficient (Wildman–Crippen LogP) is 1.37. The van der Waals surface area contributed by atoms with Crippen LogP contribution in [0.3, 0.4) is 0 Å². The Balaban J connectivity index is 2.85. The molecule has 0 atom stereocenters. The van der Waals surface area contributed by atoms with E-state index in [2.05, 4.69) is 0 Å². The van der Waals surface area contributed by atoms with E-state index in [-0.39, 0.29) is 25.4 Å². The minimum Gasteiger partial charge on any atom is -0.374 e. The summed E-state index contributed by atoms with van der Waals surface area (Å²) in [6, 6.07) is 1.18. The molecule has 1 aromatic carbocycles. The lowest BCUT2D eigenvalue weighted by molar-refractivity contribution is -0.396. The summed E-state index contributed by atoms with van der Waals surface area (Å²) in [5.41, 5.74) is -1.78. The molecule has 0 aliphatic rings. The van der Waals surface area contributed by atoms with Crippen molar-refractivity contribution in [3.05, 3.63) is 43.7 Å². The summed E-state index contributed by atoms with van der Waals surface area (Å²) in [6.45, 7) is -0.557. The molecule has 114 valence electrons. The molecule has 1 rings (SSSR count). The van der Waals surface area contributed by atoms with Crippen LogP contribution in [0.15, 0.2) is 12.1 Å². The molecule has 0 heterocycles. The molecule has 0 radical (unpaired) electrons. The monoisotopic (exact) mass is 302 g/mol. The molecule has 0 amide bonds. The maximum absolute atomic E-state index is 13.2. The number of aldehydes is 1. The molecule has 0 spiro atoms. The van der Waals surface area contributed by atoms with Gasteiger partial charge >= 0.3 is 0 Å². The van der Waals surface area contributed by atoms with Crippen molar-refractivity contribution in [2.24, 2.45) is 0 Å². The second kappa shape index (κ2) is 7.97. The van der Waals surface area contributed by atoms with Crippen molar-refractivity contribution in [2.45, 2.75) is 6.61 Å². The van der Waals surface area contributed by atoms with Crippen LogP contribution in [0, 0.1) is 26.0 Å². The highest BCUT2D eigenvalue weighted by atomic mass is 19.1. The molecule has 0 aliphatic heterocycles. The third-order valence-electron chi connectivity index (χ3n) is 2.37. The molecule has 0 N–H and O–H groups in total. The Morgan fingerprint density at radius 3 is 2.10 bits per heavy atom. The van der Waals surface area contributed by atoms with Crippen molar-refractivity contribution in [3.63, 3.8) is 0 Å². The summed E-state index contributed by atoms with van der Waals surface area (Å²) in [5.74, 6) is -1.08. The molecule has 0 aromatic heterocycles. The van der Waals surface area contributed by atoms with E-state index in [0.29, 0.717) is 18.4 Å². The van der Waals surface area contributed by atoms with E-state index in [1.54, 1.807) is 0 Å². The lowest BCUT2D eigenvalue weighted by atomic mass is 10.1. The number of rotatable bonds is 9. The molecule has 21 heavy (non-hydrogen) atoms. The van der Waals surface area contributed by atoms with Crippen molar-refractivity contribution in [3.8, 4) is 0 Å². The Kier molecular flexibility index (Phi) is 6.30. The zero-order valence-corrected chi connectivity index (χ0v) is 10.7. The average Bonchev–Trinajstić information content (AvgIpc) is 2.42. The van der Waals surface area contributed by atoms with E-state index in [4.69, 9.17) is 9.47 Å². The van der Waals surface area contributed by atoms with Crippen LogP contribution in [0.25, 0.3) is 0 Å². The van der Waals surface area contributed by atoms with Gasteiger partial charge in [0.2, 0.25) is 0 Å². The molecular formula is C11H11FN2O7. The van der Waals surface area contributed by atoms with Gasteiger partial charge in [-0.15, -0.1) is 0 Å². The number of carbonyl (C=O) groups is 1. The van der Waals surface area contributed by atoms with E-state index < -0.39 is 33.6 Å². The molecule has 10 heteroatoms. The van der Waals surface area contributed by atoms with Gasteiger partial charge in [0, 0.05) is 0 Å². The summed E-state index contributed by atoms with van der Waals surface area (Å²) in [7, 11) is 0. The first-order valence-electron chi connectivity index (χ1n) is 5.67. The third kappa shape index (κ3) is 4.85. The van der Waals surface area contributed by atoms with Gasteiger partial charge in [0.1, 0.15) is 24.3 Å². The fourth-order valence-corrected chi connectivity index (χ4v) is 1.51. The zero-order valence-electron chi connectivity index (χ0n) is 10.7. The van der Waals surface area contributed by atoms with Crippen LogP contribution >= 0.6 is 0 Å². The highest BCUT2D eigenvalue weighted by Crippen LogP contribution is 2.30. The molecule has 0 unspecified atom stereocenters. The summed E-state index contributed by atoms with van der Waals surface area (Å²) in [6.07, 6.45) is 0.537. The first-order valence-corrected chi connectivity index (χ1v) is 5.67. The standard InChI is InChI=1S/C11H11FN2O7/c12-8-5-10(13(16)17)9(11(6-8)14(18)19)7-21-4-3-20-2-1-15/h1,5-6H,2-4,7H2. The number of nitrogens with zero attached hydrogens (tertiary/aromatic N) is 2. The first-order chi connectivity index (χ1) is 9.97. The second-order valence-corrected chi connectivity index (χ2v) is 3.73. The fraction of sp³-hybridized carbons (Fsp3) is 0.364. The van der Waals surface area contributed by atoms with E-state index in [1.165, 1.54) is 0 Å². The van der Waals surface area contributed by atoms with Gasteiger partial charge in [0.05, 0.1) is 41.8 Å². The molecule has 9 nitrogen and oxygen atoms in total. The smallest absolute Gasteiger partial charge is 0.284 e. The van der Waals surface area contributed by atoms with Crippen LogP contribution in [0.4, 0.5) is 15.8 Å². The Hall–Kier alpha value is -2.46. The normalized spacial score (nSPS) is 10.3. The number of halogens is 1. The second-order valence-electron chi connectivity index (χ2n) is 3.73. The maximum atomic E-state index is 13.2. The van der Waals surface area contributed by atoms with Crippen LogP contribution < -0.4 is 0 Å². The highest BCUT2D eigenvalue weighted by molar-refractivity contribution is 5.53. The summed E-state index contributed by atoms with van der Waals surface area (Å²) >= 11 is 0. The van der Waals surface area contributed by atoms with Gasteiger partial charge in [0.15, 0.2) is 0 Å². The number of ether oxygens (including phenoxy) is 2. The topological polar surface area (TPSA) is 122 Å².